The van der Waals surface area contributed by atoms with E-state index in [1.807, 2.05) is 25.7 Å². The zero-order chi connectivity index (χ0) is 12.3. The molecule has 0 saturated carbocycles. The number of carbonyl (C=O) groups is 1. The summed E-state index contributed by atoms with van der Waals surface area (Å²) >= 11 is 0. The van der Waals surface area contributed by atoms with Crippen LogP contribution in [0.4, 0.5) is 4.79 Å². The van der Waals surface area contributed by atoms with Crippen LogP contribution in [0.5, 0.6) is 0 Å². The average molecular weight is 227 g/mol. The van der Waals surface area contributed by atoms with Crippen LogP contribution in [0.1, 0.15) is 53.9 Å². The van der Waals surface area contributed by atoms with E-state index in [0.717, 1.165) is 19.4 Å². The van der Waals surface area contributed by atoms with Crippen molar-refractivity contribution < 1.29 is 9.53 Å². The van der Waals surface area contributed by atoms with E-state index in [1.165, 1.54) is 6.42 Å². The first kappa shape index (κ1) is 13.3. The summed E-state index contributed by atoms with van der Waals surface area (Å²) in [7, 11) is 0. The topological polar surface area (TPSA) is 29.5 Å². The van der Waals surface area contributed by atoms with Crippen molar-refractivity contribution in [3.05, 3.63) is 0 Å². The van der Waals surface area contributed by atoms with Crippen molar-refractivity contribution in [2.24, 2.45) is 5.92 Å². The van der Waals surface area contributed by atoms with E-state index in [-0.39, 0.29) is 6.09 Å². The molecule has 16 heavy (non-hydrogen) atoms. The number of nitrogens with zero attached hydrogens (tertiary/aromatic N) is 1. The molecule has 0 radical (unpaired) electrons. The fraction of sp³-hybridized carbons (Fsp3) is 0.923. The second-order valence-electron chi connectivity index (χ2n) is 5.72. The zero-order valence-electron chi connectivity index (χ0n) is 11.2. The predicted molar refractivity (Wildman–Crippen MR) is 65.4 cm³/mol. The molecule has 1 rings (SSSR count). The molecule has 3 heteroatoms. The highest BCUT2D eigenvalue weighted by molar-refractivity contribution is 5.68. The van der Waals surface area contributed by atoms with Crippen LogP contribution in [-0.2, 0) is 4.74 Å². The molecule has 0 aromatic rings. The molecule has 0 bridgehead atoms. The zero-order valence-corrected chi connectivity index (χ0v) is 11.2. The van der Waals surface area contributed by atoms with E-state index in [4.69, 9.17) is 4.74 Å². The van der Waals surface area contributed by atoms with Crippen LogP contribution in [0.3, 0.4) is 0 Å². The molecule has 1 saturated heterocycles. The van der Waals surface area contributed by atoms with E-state index in [9.17, 15) is 4.79 Å². The highest BCUT2D eigenvalue weighted by Gasteiger charge is 2.32. The Balaban J connectivity index is 2.61. The first-order valence-electron chi connectivity index (χ1n) is 6.34. The van der Waals surface area contributed by atoms with Crippen molar-refractivity contribution in [3.8, 4) is 0 Å². The summed E-state index contributed by atoms with van der Waals surface area (Å²) in [6.07, 6.45) is 3.32. The van der Waals surface area contributed by atoms with Gasteiger partial charge in [0, 0.05) is 12.6 Å². The van der Waals surface area contributed by atoms with E-state index in [2.05, 4.69) is 13.8 Å². The lowest BCUT2D eigenvalue weighted by Crippen LogP contribution is -2.48. The number of ether oxygens (including phenoxy) is 1. The van der Waals surface area contributed by atoms with Gasteiger partial charge >= 0.3 is 6.09 Å². The lowest BCUT2D eigenvalue weighted by atomic mass is 9.88. The lowest BCUT2D eigenvalue weighted by molar-refractivity contribution is 0.00276. The fourth-order valence-electron chi connectivity index (χ4n) is 2.35. The summed E-state index contributed by atoms with van der Waals surface area (Å²) in [4.78, 5) is 13.9. The number of hydrogen-bond acceptors (Lipinski definition) is 2. The number of piperidine rings is 1. The summed E-state index contributed by atoms with van der Waals surface area (Å²) in [6, 6.07) is 0.314. The molecule has 1 fully saturated rings. The normalized spacial score (nSPS) is 26.7. The van der Waals surface area contributed by atoms with E-state index in [0.29, 0.717) is 12.0 Å². The summed E-state index contributed by atoms with van der Waals surface area (Å²) < 4.78 is 5.43. The van der Waals surface area contributed by atoms with Crippen LogP contribution in [0.25, 0.3) is 0 Å². The van der Waals surface area contributed by atoms with Gasteiger partial charge in [-0.3, -0.25) is 0 Å². The second kappa shape index (κ2) is 5.07. The Labute approximate surface area is 99.1 Å². The maximum atomic E-state index is 12.0. The van der Waals surface area contributed by atoms with E-state index >= 15 is 0 Å². The highest BCUT2D eigenvalue weighted by Crippen LogP contribution is 2.27. The van der Waals surface area contributed by atoms with Gasteiger partial charge in [-0.15, -0.1) is 0 Å². The third-order valence-corrected chi connectivity index (χ3v) is 3.30. The number of rotatable bonds is 1. The van der Waals surface area contributed by atoms with E-state index < -0.39 is 5.60 Å². The third-order valence-electron chi connectivity index (χ3n) is 3.30. The summed E-state index contributed by atoms with van der Waals surface area (Å²) in [5.41, 5.74) is -0.393. The first-order valence-corrected chi connectivity index (χ1v) is 6.34. The fourth-order valence-corrected chi connectivity index (χ4v) is 2.35. The number of amides is 1. The largest absolute Gasteiger partial charge is 0.444 e. The van der Waals surface area contributed by atoms with Gasteiger partial charge in [-0.05, 0) is 46.5 Å². The quantitative estimate of drug-likeness (QED) is 0.687. The van der Waals surface area contributed by atoms with Gasteiger partial charge in [-0.2, -0.15) is 0 Å². The van der Waals surface area contributed by atoms with Gasteiger partial charge in [0.05, 0.1) is 0 Å². The molecule has 1 aliphatic rings. The number of carbonyl (C=O) groups excluding carboxylic acids is 1. The molecule has 0 aliphatic carbocycles. The smallest absolute Gasteiger partial charge is 0.410 e. The van der Waals surface area contributed by atoms with Crippen LogP contribution >= 0.6 is 0 Å². The molecule has 0 spiro atoms. The molecule has 1 aliphatic heterocycles. The number of likely N-dealkylation sites (tertiary alicyclic amines) is 1. The molecule has 0 N–H and O–H groups in total. The summed E-state index contributed by atoms with van der Waals surface area (Å²) in [5, 5.41) is 0. The molecule has 2 atom stereocenters. The molecule has 1 heterocycles. The minimum atomic E-state index is -0.393. The number of hydrogen-bond donors (Lipinski definition) is 0. The minimum absolute atomic E-state index is 0.154. The van der Waals surface area contributed by atoms with Crippen molar-refractivity contribution in [1.29, 1.82) is 0 Å². The molecule has 94 valence electrons. The second-order valence-corrected chi connectivity index (χ2v) is 5.72. The molecule has 3 nitrogen and oxygen atoms in total. The van der Waals surface area contributed by atoms with Gasteiger partial charge in [0.15, 0.2) is 0 Å². The van der Waals surface area contributed by atoms with Gasteiger partial charge in [0.1, 0.15) is 5.60 Å². The summed E-state index contributed by atoms with van der Waals surface area (Å²) in [5.74, 6) is 0.626. The van der Waals surface area contributed by atoms with Crippen LogP contribution in [0.15, 0.2) is 0 Å². The standard InChI is InChI=1S/C13H25NO2/c1-6-11-8-7-9-14(10(11)2)12(15)16-13(3,4)5/h10-11H,6-9H2,1-5H3/t10-,11-/m0/s1. The van der Waals surface area contributed by atoms with Gasteiger partial charge in [-0.25, -0.2) is 4.79 Å². The monoisotopic (exact) mass is 227 g/mol. The van der Waals surface area contributed by atoms with Crippen molar-refractivity contribution in [2.45, 2.75) is 65.5 Å². The Hall–Kier alpha value is -0.730. The van der Waals surface area contributed by atoms with Crippen LogP contribution in [0, 0.1) is 5.92 Å². The van der Waals surface area contributed by atoms with Gasteiger partial charge in [-0.1, -0.05) is 13.3 Å². The molecule has 0 aromatic carbocycles. The summed E-state index contributed by atoms with van der Waals surface area (Å²) in [6.45, 7) is 10.9. The van der Waals surface area contributed by atoms with Crippen molar-refractivity contribution in [3.63, 3.8) is 0 Å². The minimum Gasteiger partial charge on any atom is -0.444 e. The van der Waals surface area contributed by atoms with Gasteiger partial charge in [0.25, 0.3) is 0 Å². The molecule has 0 aromatic heterocycles. The predicted octanol–water partition coefficient (Wildman–Crippen LogP) is 3.43. The Bertz CT molecular complexity index is 245. The molecule has 1 amide bonds. The Kier molecular flexibility index (Phi) is 4.22. The van der Waals surface area contributed by atoms with Crippen molar-refractivity contribution in [2.75, 3.05) is 6.54 Å². The molecular formula is C13H25NO2. The molecular weight excluding hydrogens is 202 g/mol. The van der Waals surface area contributed by atoms with Crippen LogP contribution in [0.2, 0.25) is 0 Å². The lowest BCUT2D eigenvalue weighted by Gasteiger charge is -2.39. The SMILES string of the molecule is CC[C@H]1CCCN(C(=O)OC(C)(C)C)[C@H]1C. The molecule has 0 unspecified atom stereocenters. The van der Waals surface area contributed by atoms with Crippen LogP contribution < -0.4 is 0 Å². The van der Waals surface area contributed by atoms with Gasteiger partial charge in [0.2, 0.25) is 0 Å². The highest BCUT2D eigenvalue weighted by atomic mass is 16.6. The Morgan fingerprint density at radius 1 is 1.44 bits per heavy atom. The maximum absolute atomic E-state index is 12.0. The van der Waals surface area contributed by atoms with Crippen LogP contribution in [-0.4, -0.2) is 29.2 Å². The van der Waals surface area contributed by atoms with Crippen molar-refractivity contribution >= 4 is 6.09 Å². The van der Waals surface area contributed by atoms with Crippen molar-refractivity contribution in [1.82, 2.24) is 4.90 Å². The van der Waals surface area contributed by atoms with E-state index in [1.54, 1.807) is 0 Å². The third kappa shape index (κ3) is 3.39. The van der Waals surface area contributed by atoms with Gasteiger partial charge < -0.3 is 9.64 Å². The maximum Gasteiger partial charge on any atom is 0.410 e. The average Bonchev–Trinajstić information content (AvgIpc) is 2.15. The first-order chi connectivity index (χ1) is 7.35. The Morgan fingerprint density at radius 3 is 2.56 bits per heavy atom. The Morgan fingerprint density at radius 2 is 2.06 bits per heavy atom.